The zero-order valence-electron chi connectivity index (χ0n) is 11.1. The summed E-state index contributed by atoms with van der Waals surface area (Å²) in [4.78, 5) is 2.55. The van der Waals surface area contributed by atoms with Crippen molar-refractivity contribution in [1.82, 2.24) is 19.7 Å². The zero-order chi connectivity index (χ0) is 12.8. The van der Waals surface area contributed by atoms with Gasteiger partial charge in [0.05, 0.1) is 6.54 Å². The molecule has 0 unspecified atom stereocenters. The number of nitrogens with two attached hydrogens (primary N) is 1. The summed E-state index contributed by atoms with van der Waals surface area (Å²) in [6.45, 7) is 7.26. The highest BCUT2D eigenvalue weighted by Gasteiger charge is 2.12. The van der Waals surface area contributed by atoms with Crippen molar-refractivity contribution < 1.29 is 0 Å². The fraction of sp³-hybridized carbons (Fsp3) is 0.833. The lowest BCUT2D eigenvalue weighted by Gasteiger charge is -2.13. The van der Waals surface area contributed by atoms with Crippen LogP contribution >= 0.6 is 11.8 Å². The van der Waals surface area contributed by atoms with E-state index in [1.54, 1.807) is 11.8 Å². The van der Waals surface area contributed by atoms with Gasteiger partial charge < -0.3 is 15.2 Å². The van der Waals surface area contributed by atoms with Gasteiger partial charge in [-0.1, -0.05) is 11.8 Å². The molecule has 0 atom stereocenters. The van der Waals surface area contributed by atoms with Gasteiger partial charge in [0.25, 0.3) is 0 Å². The predicted octanol–water partition coefficient (Wildman–Crippen LogP) is 1.33. The summed E-state index contributed by atoms with van der Waals surface area (Å²) < 4.78 is 2.11. The van der Waals surface area contributed by atoms with Gasteiger partial charge in [0.2, 0.25) is 0 Å². The van der Waals surface area contributed by atoms with E-state index in [0.29, 0.717) is 6.54 Å². The molecule has 5 nitrogen and oxygen atoms in total. The quantitative estimate of drug-likeness (QED) is 0.598. The maximum absolute atomic E-state index is 5.64. The first-order valence-corrected chi connectivity index (χ1v) is 7.81. The van der Waals surface area contributed by atoms with Crippen LogP contribution in [-0.2, 0) is 13.1 Å². The van der Waals surface area contributed by atoms with Crippen LogP contribution in [0.5, 0.6) is 0 Å². The second kappa shape index (κ2) is 7.11. The van der Waals surface area contributed by atoms with Gasteiger partial charge >= 0.3 is 0 Å². The largest absolute Gasteiger partial charge is 0.324 e. The minimum atomic E-state index is 0.467. The molecule has 1 aromatic rings. The molecule has 2 heterocycles. The topological polar surface area (TPSA) is 60.0 Å². The van der Waals surface area contributed by atoms with E-state index < -0.39 is 0 Å². The van der Waals surface area contributed by atoms with Gasteiger partial charge in [-0.25, -0.2) is 0 Å². The van der Waals surface area contributed by atoms with Crippen molar-refractivity contribution in [3.05, 3.63) is 5.82 Å². The van der Waals surface area contributed by atoms with Gasteiger partial charge in [-0.3, -0.25) is 0 Å². The summed E-state index contributed by atoms with van der Waals surface area (Å²) in [5.74, 6) is 2.00. The van der Waals surface area contributed by atoms with E-state index in [0.717, 1.165) is 23.3 Å². The lowest BCUT2D eigenvalue weighted by molar-refractivity contribution is 0.341. The molecule has 0 saturated carbocycles. The second-order valence-electron chi connectivity index (χ2n) is 4.60. The molecule has 0 spiro atoms. The minimum Gasteiger partial charge on any atom is -0.324 e. The summed E-state index contributed by atoms with van der Waals surface area (Å²) in [7, 11) is 0. The Labute approximate surface area is 113 Å². The molecule has 1 fully saturated rings. The fourth-order valence-corrected chi connectivity index (χ4v) is 3.30. The van der Waals surface area contributed by atoms with Crippen LogP contribution in [0.15, 0.2) is 5.16 Å². The number of aromatic nitrogens is 3. The highest BCUT2D eigenvalue weighted by molar-refractivity contribution is 7.99. The lowest BCUT2D eigenvalue weighted by atomic mass is 10.4. The molecule has 2 N–H and O–H groups in total. The van der Waals surface area contributed by atoms with Crippen LogP contribution in [0.2, 0.25) is 0 Å². The molecule has 0 aliphatic carbocycles. The van der Waals surface area contributed by atoms with Crippen LogP contribution in [0.4, 0.5) is 0 Å². The van der Waals surface area contributed by atoms with Crippen LogP contribution in [-0.4, -0.2) is 45.1 Å². The number of thioether (sulfide) groups is 1. The molecule has 0 bridgehead atoms. The van der Waals surface area contributed by atoms with Crippen LogP contribution in [0.25, 0.3) is 0 Å². The van der Waals surface area contributed by atoms with Crippen LogP contribution in [0, 0.1) is 0 Å². The van der Waals surface area contributed by atoms with E-state index in [2.05, 4.69) is 26.6 Å². The monoisotopic (exact) mass is 269 g/mol. The second-order valence-corrected chi connectivity index (χ2v) is 5.66. The maximum Gasteiger partial charge on any atom is 0.191 e. The first-order valence-electron chi connectivity index (χ1n) is 6.82. The standard InChI is InChI=1S/C12H23N5S/c1-2-17-11(10-13)14-15-12(17)18-9-5-8-16-6-3-4-7-16/h2-10,13H2,1H3. The van der Waals surface area contributed by atoms with Crippen molar-refractivity contribution in [2.75, 3.05) is 25.4 Å². The van der Waals surface area contributed by atoms with Crippen molar-refractivity contribution in [1.29, 1.82) is 0 Å². The van der Waals surface area contributed by atoms with Crippen molar-refractivity contribution in [2.24, 2.45) is 5.73 Å². The van der Waals surface area contributed by atoms with Crippen molar-refractivity contribution in [3.63, 3.8) is 0 Å². The fourth-order valence-electron chi connectivity index (χ4n) is 2.35. The molecule has 0 radical (unpaired) electrons. The van der Waals surface area contributed by atoms with Gasteiger partial charge in [-0.2, -0.15) is 0 Å². The van der Waals surface area contributed by atoms with E-state index >= 15 is 0 Å². The van der Waals surface area contributed by atoms with Crippen LogP contribution < -0.4 is 5.73 Å². The van der Waals surface area contributed by atoms with Gasteiger partial charge in [0.15, 0.2) is 5.16 Å². The highest BCUT2D eigenvalue weighted by atomic mass is 32.2. The molecule has 1 saturated heterocycles. The third-order valence-corrected chi connectivity index (χ3v) is 4.39. The molecule has 0 aromatic carbocycles. The first-order chi connectivity index (χ1) is 8.85. The summed E-state index contributed by atoms with van der Waals surface area (Å²) in [6.07, 6.45) is 3.97. The average molecular weight is 269 g/mol. The molecular formula is C12H23N5S. The van der Waals surface area contributed by atoms with Gasteiger partial charge in [-0.05, 0) is 45.8 Å². The van der Waals surface area contributed by atoms with E-state index in [9.17, 15) is 0 Å². The van der Waals surface area contributed by atoms with Crippen molar-refractivity contribution in [3.8, 4) is 0 Å². The molecule has 1 aliphatic rings. The predicted molar refractivity (Wildman–Crippen MR) is 74.6 cm³/mol. The van der Waals surface area contributed by atoms with E-state index in [4.69, 9.17) is 5.73 Å². The molecule has 1 aliphatic heterocycles. The van der Waals surface area contributed by atoms with E-state index in [-0.39, 0.29) is 0 Å². The number of nitrogens with zero attached hydrogens (tertiary/aromatic N) is 4. The number of rotatable bonds is 7. The maximum atomic E-state index is 5.64. The summed E-state index contributed by atoms with van der Waals surface area (Å²) in [6, 6.07) is 0. The Morgan fingerprint density at radius 3 is 2.72 bits per heavy atom. The Morgan fingerprint density at radius 2 is 2.06 bits per heavy atom. The molecule has 102 valence electrons. The Morgan fingerprint density at radius 1 is 1.28 bits per heavy atom. The SMILES string of the molecule is CCn1c(CN)nnc1SCCCN1CCCC1. The van der Waals surface area contributed by atoms with E-state index in [1.165, 1.54) is 38.9 Å². The summed E-state index contributed by atoms with van der Waals surface area (Å²) >= 11 is 1.80. The Balaban J connectivity index is 1.73. The number of likely N-dealkylation sites (tertiary alicyclic amines) is 1. The minimum absolute atomic E-state index is 0.467. The third-order valence-electron chi connectivity index (χ3n) is 3.34. The van der Waals surface area contributed by atoms with Gasteiger partial charge in [-0.15, -0.1) is 10.2 Å². The molecular weight excluding hydrogens is 246 g/mol. The van der Waals surface area contributed by atoms with Crippen molar-refractivity contribution >= 4 is 11.8 Å². The molecule has 18 heavy (non-hydrogen) atoms. The number of hydrogen-bond donors (Lipinski definition) is 1. The lowest BCUT2D eigenvalue weighted by Crippen LogP contribution is -2.20. The van der Waals surface area contributed by atoms with Gasteiger partial charge in [0.1, 0.15) is 5.82 Å². The van der Waals surface area contributed by atoms with E-state index in [1.807, 2.05) is 0 Å². The highest BCUT2D eigenvalue weighted by Crippen LogP contribution is 2.18. The Kier molecular flexibility index (Phi) is 5.46. The number of hydrogen-bond acceptors (Lipinski definition) is 5. The molecule has 1 aromatic heterocycles. The first kappa shape index (κ1) is 13.8. The Hall–Kier alpha value is -0.590. The van der Waals surface area contributed by atoms with Crippen molar-refractivity contribution in [2.45, 2.75) is 44.4 Å². The van der Waals surface area contributed by atoms with Crippen LogP contribution in [0.3, 0.4) is 0 Å². The third kappa shape index (κ3) is 3.46. The summed E-state index contributed by atoms with van der Waals surface area (Å²) in [5, 5.41) is 9.34. The molecule has 6 heteroatoms. The normalized spacial score (nSPS) is 16.6. The zero-order valence-corrected chi connectivity index (χ0v) is 12.0. The average Bonchev–Trinajstić information content (AvgIpc) is 3.03. The summed E-state index contributed by atoms with van der Waals surface area (Å²) in [5.41, 5.74) is 5.64. The van der Waals surface area contributed by atoms with Gasteiger partial charge in [0, 0.05) is 12.3 Å². The molecule has 0 amide bonds. The molecule has 2 rings (SSSR count). The Bertz CT molecular complexity index is 359. The smallest absolute Gasteiger partial charge is 0.191 e. The van der Waals surface area contributed by atoms with Crippen LogP contribution in [0.1, 0.15) is 32.0 Å².